The van der Waals surface area contributed by atoms with Gasteiger partial charge >= 0.3 is 0 Å². The average Bonchev–Trinajstić information content (AvgIpc) is 2.63. The van der Waals surface area contributed by atoms with Crippen LogP contribution in [0.25, 0.3) is 0 Å². The molecule has 0 amide bonds. The molecule has 0 bridgehead atoms. The normalized spacial score (nSPS) is 18.6. The van der Waals surface area contributed by atoms with Crippen LogP contribution >= 0.6 is 11.3 Å². The number of hydrogen-bond donors (Lipinski definition) is 2. The second-order valence-electron chi connectivity index (χ2n) is 3.65. The molecule has 3 N–H and O–H groups in total. The molecule has 78 valence electrons. The third-order valence-electron chi connectivity index (χ3n) is 2.57. The maximum absolute atomic E-state index is 5.68. The average molecular weight is 211 g/mol. The Morgan fingerprint density at radius 3 is 2.79 bits per heavy atom. The molecule has 1 aliphatic rings. The van der Waals surface area contributed by atoms with E-state index in [2.05, 4.69) is 16.3 Å². The second-order valence-corrected chi connectivity index (χ2v) is 4.85. The highest BCUT2D eigenvalue weighted by Gasteiger charge is 2.09. The van der Waals surface area contributed by atoms with E-state index in [1.165, 1.54) is 24.5 Å². The molecular formula is C10H17N3S. The van der Waals surface area contributed by atoms with Crippen LogP contribution in [0.3, 0.4) is 0 Å². The van der Waals surface area contributed by atoms with Gasteiger partial charge in [0.05, 0.1) is 5.00 Å². The first-order valence-corrected chi connectivity index (χ1v) is 5.93. The molecule has 3 nitrogen and oxygen atoms in total. The Morgan fingerprint density at radius 2 is 2.14 bits per heavy atom. The first-order valence-electron chi connectivity index (χ1n) is 5.12. The van der Waals surface area contributed by atoms with Crippen LogP contribution in [0, 0.1) is 0 Å². The summed E-state index contributed by atoms with van der Waals surface area (Å²) < 4.78 is 0. The zero-order chi connectivity index (χ0) is 9.80. The molecule has 0 radical (unpaired) electrons. The van der Waals surface area contributed by atoms with Crippen molar-refractivity contribution in [2.75, 3.05) is 38.5 Å². The summed E-state index contributed by atoms with van der Waals surface area (Å²) in [7, 11) is 0. The number of nitrogen functional groups attached to an aromatic ring is 1. The Hall–Kier alpha value is -0.580. The SMILES string of the molecule is Nc1ccc(CCN2CCNCC2)s1. The summed E-state index contributed by atoms with van der Waals surface area (Å²) in [6.45, 7) is 5.79. The molecule has 2 heterocycles. The fourth-order valence-electron chi connectivity index (χ4n) is 1.73. The van der Waals surface area contributed by atoms with Gasteiger partial charge in [-0.05, 0) is 18.6 Å². The van der Waals surface area contributed by atoms with E-state index in [9.17, 15) is 0 Å². The molecule has 2 rings (SSSR count). The van der Waals surface area contributed by atoms with Gasteiger partial charge in [0.1, 0.15) is 0 Å². The van der Waals surface area contributed by atoms with E-state index in [1.54, 1.807) is 11.3 Å². The van der Waals surface area contributed by atoms with E-state index in [1.807, 2.05) is 6.07 Å². The Labute approximate surface area is 88.9 Å². The van der Waals surface area contributed by atoms with E-state index in [0.29, 0.717) is 0 Å². The van der Waals surface area contributed by atoms with Crippen LogP contribution in [0.15, 0.2) is 12.1 Å². The maximum atomic E-state index is 5.68. The van der Waals surface area contributed by atoms with Gasteiger partial charge in [-0.15, -0.1) is 11.3 Å². The van der Waals surface area contributed by atoms with Crippen LogP contribution in [0.1, 0.15) is 4.88 Å². The van der Waals surface area contributed by atoms with Crippen LogP contribution in [0.5, 0.6) is 0 Å². The van der Waals surface area contributed by atoms with E-state index < -0.39 is 0 Å². The molecule has 0 atom stereocenters. The lowest BCUT2D eigenvalue weighted by atomic mass is 10.3. The van der Waals surface area contributed by atoms with E-state index in [4.69, 9.17) is 5.73 Å². The predicted octanol–water partition coefficient (Wildman–Crippen LogP) is 0.778. The van der Waals surface area contributed by atoms with Crippen LogP contribution < -0.4 is 11.1 Å². The van der Waals surface area contributed by atoms with Crippen molar-refractivity contribution in [1.82, 2.24) is 10.2 Å². The number of rotatable bonds is 3. The lowest BCUT2D eigenvalue weighted by Crippen LogP contribution is -2.44. The molecule has 1 aromatic heterocycles. The van der Waals surface area contributed by atoms with Gasteiger partial charge in [-0.2, -0.15) is 0 Å². The highest BCUT2D eigenvalue weighted by Crippen LogP contribution is 2.18. The van der Waals surface area contributed by atoms with Crippen molar-refractivity contribution in [3.63, 3.8) is 0 Å². The molecule has 0 unspecified atom stereocenters. The molecule has 14 heavy (non-hydrogen) atoms. The minimum atomic E-state index is 0.931. The summed E-state index contributed by atoms with van der Waals surface area (Å²) in [5, 5.41) is 4.29. The van der Waals surface area contributed by atoms with Gasteiger partial charge in [-0.25, -0.2) is 0 Å². The number of hydrogen-bond acceptors (Lipinski definition) is 4. The van der Waals surface area contributed by atoms with E-state index >= 15 is 0 Å². The van der Waals surface area contributed by atoms with Crippen LogP contribution in [0.2, 0.25) is 0 Å². The Bertz CT molecular complexity index is 279. The summed E-state index contributed by atoms with van der Waals surface area (Å²) in [5.41, 5.74) is 5.68. The Kier molecular flexibility index (Phi) is 3.39. The summed E-state index contributed by atoms with van der Waals surface area (Å²) in [5.74, 6) is 0. The fraction of sp³-hybridized carbons (Fsp3) is 0.600. The third kappa shape index (κ3) is 2.70. The van der Waals surface area contributed by atoms with Crippen molar-refractivity contribution in [2.45, 2.75) is 6.42 Å². The maximum Gasteiger partial charge on any atom is 0.0859 e. The standard InChI is InChI=1S/C10H17N3S/c11-10-2-1-9(14-10)3-6-13-7-4-12-5-8-13/h1-2,12H,3-8,11H2. The van der Waals surface area contributed by atoms with Crippen molar-refractivity contribution in [3.8, 4) is 0 Å². The quantitative estimate of drug-likeness (QED) is 0.776. The predicted molar refractivity (Wildman–Crippen MR) is 61.7 cm³/mol. The van der Waals surface area contributed by atoms with Gasteiger partial charge in [0, 0.05) is 37.6 Å². The van der Waals surface area contributed by atoms with Gasteiger partial charge in [0.2, 0.25) is 0 Å². The van der Waals surface area contributed by atoms with Gasteiger partial charge in [-0.3, -0.25) is 0 Å². The van der Waals surface area contributed by atoms with Crippen molar-refractivity contribution in [2.24, 2.45) is 0 Å². The first kappa shape index (κ1) is 9.96. The van der Waals surface area contributed by atoms with Crippen LogP contribution in [-0.4, -0.2) is 37.6 Å². The summed E-state index contributed by atoms with van der Waals surface area (Å²) >= 11 is 1.71. The van der Waals surface area contributed by atoms with Crippen molar-refractivity contribution >= 4 is 16.3 Å². The largest absolute Gasteiger partial charge is 0.391 e. The van der Waals surface area contributed by atoms with E-state index in [0.717, 1.165) is 24.5 Å². The fourth-order valence-corrected chi connectivity index (χ4v) is 2.50. The number of nitrogens with one attached hydrogen (secondary N) is 1. The van der Waals surface area contributed by atoms with E-state index in [-0.39, 0.29) is 0 Å². The molecule has 0 aliphatic carbocycles. The molecule has 1 aromatic rings. The number of nitrogens with zero attached hydrogens (tertiary/aromatic N) is 1. The minimum Gasteiger partial charge on any atom is -0.391 e. The monoisotopic (exact) mass is 211 g/mol. The summed E-state index contributed by atoms with van der Waals surface area (Å²) in [6.07, 6.45) is 1.14. The highest BCUT2D eigenvalue weighted by atomic mass is 32.1. The lowest BCUT2D eigenvalue weighted by molar-refractivity contribution is 0.244. The molecule has 0 aromatic carbocycles. The zero-order valence-corrected chi connectivity index (χ0v) is 9.15. The highest BCUT2D eigenvalue weighted by molar-refractivity contribution is 7.15. The summed E-state index contributed by atoms with van der Waals surface area (Å²) in [6, 6.07) is 4.14. The molecule has 0 saturated carbocycles. The Morgan fingerprint density at radius 1 is 1.36 bits per heavy atom. The molecule has 0 spiro atoms. The zero-order valence-electron chi connectivity index (χ0n) is 8.33. The first-order chi connectivity index (χ1) is 6.84. The number of nitrogens with two attached hydrogens (primary N) is 1. The van der Waals surface area contributed by atoms with Gasteiger partial charge in [0.25, 0.3) is 0 Å². The number of piperazine rings is 1. The van der Waals surface area contributed by atoms with Crippen LogP contribution in [-0.2, 0) is 6.42 Å². The topological polar surface area (TPSA) is 41.3 Å². The van der Waals surface area contributed by atoms with Gasteiger partial charge in [0.15, 0.2) is 0 Å². The third-order valence-corrected chi connectivity index (χ3v) is 3.54. The van der Waals surface area contributed by atoms with Gasteiger partial charge in [-0.1, -0.05) is 0 Å². The lowest BCUT2D eigenvalue weighted by Gasteiger charge is -2.26. The smallest absolute Gasteiger partial charge is 0.0859 e. The van der Waals surface area contributed by atoms with Gasteiger partial charge < -0.3 is 16.0 Å². The molecule has 1 fully saturated rings. The van der Waals surface area contributed by atoms with Crippen molar-refractivity contribution in [1.29, 1.82) is 0 Å². The number of thiophene rings is 1. The number of anilines is 1. The second kappa shape index (κ2) is 4.77. The minimum absolute atomic E-state index is 0.931. The molecule has 1 saturated heterocycles. The molecule has 1 aliphatic heterocycles. The van der Waals surface area contributed by atoms with Crippen LogP contribution in [0.4, 0.5) is 5.00 Å². The molecule has 4 heteroatoms. The van der Waals surface area contributed by atoms with Crippen molar-refractivity contribution in [3.05, 3.63) is 17.0 Å². The van der Waals surface area contributed by atoms with Crippen molar-refractivity contribution < 1.29 is 0 Å². The molecular weight excluding hydrogens is 194 g/mol. The Balaban J connectivity index is 1.76. The summed E-state index contributed by atoms with van der Waals surface area (Å²) in [4.78, 5) is 3.91.